The van der Waals surface area contributed by atoms with E-state index < -0.39 is 0 Å². The predicted molar refractivity (Wildman–Crippen MR) is 82.0 cm³/mol. The minimum atomic E-state index is 0.203. The van der Waals surface area contributed by atoms with Crippen molar-refractivity contribution in [3.05, 3.63) is 42.2 Å². The van der Waals surface area contributed by atoms with Crippen LogP contribution >= 0.6 is 11.8 Å². The van der Waals surface area contributed by atoms with Gasteiger partial charge in [0.1, 0.15) is 13.2 Å². The largest absolute Gasteiger partial charge is 0.486 e. The summed E-state index contributed by atoms with van der Waals surface area (Å²) in [5.74, 6) is 2.49. The molecule has 1 N–H and O–H groups in total. The first-order valence-electron chi connectivity index (χ1n) is 6.83. The second-order valence-electron chi connectivity index (χ2n) is 4.59. The van der Waals surface area contributed by atoms with Crippen molar-refractivity contribution in [3.8, 4) is 11.5 Å². The molecule has 1 aliphatic rings. The molecule has 2 aromatic rings. The topological polar surface area (TPSA) is 56.3 Å². The Bertz CT molecular complexity index is 595. The quantitative estimate of drug-likeness (QED) is 0.676. The fraction of sp³-hybridized carbons (Fsp3) is 0.333. The van der Waals surface area contributed by atoms with E-state index >= 15 is 0 Å². The van der Waals surface area contributed by atoms with E-state index in [1.165, 1.54) is 5.56 Å². The molecule has 2 heterocycles. The molecular weight excluding hydrogens is 286 g/mol. The van der Waals surface area contributed by atoms with Crippen LogP contribution in [0.5, 0.6) is 11.5 Å². The van der Waals surface area contributed by atoms with Gasteiger partial charge in [-0.05, 0) is 30.8 Å². The van der Waals surface area contributed by atoms with E-state index in [1.807, 2.05) is 25.2 Å². The Morgan fingerprint density at radius 1 is 1.19 bits per heavy atom. The molecule has 0 saturated carbocycles. The van der Waals surface area contributed by atoms with Crippen molar-refractivity contribution in [2.24, 2.45) is 0 Å². The highest BCUT2D eigenvalue weighted by molar-refractivity contribution is 7.99. The van der Waals surface area contributed by atoms with Gasteiger partial charge in [-0.15, -0.1) is 0 Å². The first kappa shape index (κ1) is 14.2. The summed E-state index contributed by atoms with van der Waals surface area (Å²) in [7, 11) is 1.95. The number of hydrogen-bond donors (Lipinski definition) is 1. The zero-order valence-corrected chi connectivity index (χ0v) is 12.6. The molecule has 0 fully saturated rings. The molecule has 0 saturated heterocycles. The van der Waals surface area contributed by atoms with Gasteiger partial charge in [0.25, 0.3) is 0 Å². The number of nitrogens with zero attached hydrogens (tertiary/aromatic N) is 2. The molecule has 3 rings (SSSR count). The van der Waals surface area contributed by atoms with Crippen LogP contribution in [0, 0.1) is 0 Å². The second kappa shape index (κ2) is 6.78. The number of ether oxygens (including phenoxy) is 2. The SMILES string of the molecule is CNC(CSc1ncccn1)c1ccc2c(c1)OCCO2. The summed E-state index contributed by atoms with van der Waals surface area (Å²) in [5.41, 5.74) is 1.17. The minimum Gasteiger partial charge on any atom is -0.486 e. The van der Waals surface area contributed by atoms with Crippen molar-refractivity contribution in [3.63, 3.8) is 0 Å². The fourth-order valence-electron chi connectivity index (χ4n) is 2.14. The van der Waals surface area contributed by atoms with Gasteiger partial charge >= 0.3 is 0 Å². The summed E-state index contributed by atoms with van der Waals surface area (Å²) in [4.78, 5) is 8.46. The number of fused-ring (bicyclic) bond motifs is 1. The zero-order chi connectivity index (χ0) is 14.5. The highest BCUT2D eigenvalue weighted by Gasteiger charge is 2.16. The average molecular weight is 303 g/mol. The molecule has 1 unspecified atom stereocenters. The summed E-state index contributed by atoms with van der Waals surface area (Å²) in [6, 6.07) is 8.11. The van der Waals surface area contributed by atoms with E-state index in [2.05, 4.69) is 21.4 Å². The van der Waals surface area contributed by atoms with Crippen molar-refractivity contribution in [1.82, 2.24) is 15.3 Å². The maximum absolute atomic E-state index is 5.64. The van der Waals surface area contributed by atoms with Crippen LogP contribution < -0.4 is 14.8 Å². The van der Waals surface area contributed by atoms with Crippen LogP contribution in [-0.2, 0) is 0 Å². The summed E-state index contributed by atoms with van der Waals surface area (Å²) in [5, 5.41) is 4.11. The van der Waals surface area contributed by atoms with Gasteiger partial charge in [0.15, 0.2) is 16.7 Å². The molecule has 0 amide bonds. The third kappa shape index (κ3) is 3.46. The average Bonchev–Trinajstić information content (AvgIpc) is 2.56. The van der Waals surface area contributed by atoms with Crippen LogP contribution in [-0.4, -0.2) is 36.0 Å². The summed E-state index contributed by atoms with van der Waals surface area (Å²) < 4.78 is 11.2. The number of benzene rings is 1. The van der Waals surface area contributed by atoms with E-state index in [-0.39, 0.29) is 6.04 Å². The molecule has 110 valence electrons. The van der Waals surface area contributed by atoms with Crippen molar-refractivity contribution < 1.29 is 9.47 Å². The fourth-order valence-corrected chi connectivity index (χ4v) is 3.09. The summed E-state index contributed by atoms with van der Waals surface area (Å²) >= 11 is 1.63. The van der Waals surface area contributed by atoms with E-state index in [0.717, 1.165) is 22.4 Å². The number of hydrogen-bond acceptors (Lipinski definition) is 6. The summed E-state index contributed by atoms with van der Waals surface area (Å²) in [6.45, 7) is 1.22. The van der Waals surface area contributed by atoms with Crippen molar-refractivity contribution in [1.29, 1.82) is 0 Å². The van der Waals surface area contributed by atoms with Gasteiger partial charge in [-0.3, -0.25) is 0 Å². The third-order valence-electron chi connectivity index (χ3n) is 3.24. The molecule has 0 spiro atoms. The van der Waals surface area contributed by atoms with Gasteiger partial charge in [0, 0.05) is 24.2 Å². The van der Waals surface area contributed by atoms with Crippen molar-refractivity contribution in [2.75, 3.05) is 26.0 Å². The lowest BCUT2D eigenvalue weighted by molar-refractivity contribution is 0.171. The van der Waals surface area contributed by atoms with Gasteiger partial charge in [0.2, 0.25) is 0 Å². The third-order valence-corrected chi connectivity index (χ3v) is 4.21. The lowest BCUT2D eigenvalue weighted by Crippen LogP contribution is -2.20. The lowest BCUT2D eigenvalue weighted by Gasteiger charge is -2.21. The van der Waals surface area contributed by atoms with Crippen molar-refractivity contribution >= 4 is 11.8 Å². The highest BCUT2D eigenvalue weighted by Crippen LogP contribution is 2.33. The number of aromatic nitrogens is 2. The molecular formula is C15H17N3O2S. The maximum Gasteiger partial charge on any atom is 0.187 e. The molecule has 21 heavy (non-hydrogen) atoms. The molecule has 1 atom stereocenters. The molecule has 1 aliphatic heterocycles. The summed E-state index contributed by atoms with van der Waals surface area (Å²) in [6.07, 6.45) is 3.52. The van der Waals surface area contributed by atoms with Crippen LogP contribution in [0.25, 0.3) is 0 Å². The smallest absolute Gasteiger partial charge is 0.187 e. The van der Waals surface area contributed by atoms with Crippen LogP contribution in [0.3, 0.4) is 0 Å². The monoisotopic (exact) mass is 303 g/mol. The number of rotatable bonds is 5. The minimum absolute atomic E-state index is 0.203. The van der Waals surface area contributed by atoms with Crippen molar-refractivity contribution in [2.45, 2.75) is 11.2 Å². The normalized spacial score (nSPS) is 14.7. The van der Waals surface area contributed by atoms with Crippen LogP contribution in [0.15, 0.2) is 41.8 Å². The first-order chi connectivity index (χ1) is 10.4. The molecule has 1 aromatic heterocycles. The van der Waals surface area contributed by atoms with Gasteiger partial charge < -0.3 is 14.8 Å². The molecule has 6 heteroatoms. The standard InChI is InChI=1S/C15H17N3O2S/c1-16-12(10-21-15-17-5-2-6-18-15)11-3-4-13-14(9-11)20-8-7-19-13/h2-6,9,12,16H,7-8,10H2,1H3. The number of thioether (sulfide) groups is 1. The van der Waals surface area contributed by atoms with Gasteiger partial charge in [0.05, 0.1) is 0 Å². The lowest BCUT2D eigenvalue weighted by atomic mass is 10.1. The Balaban J connectivity index is 1.71. The Morgan fingerprint density at radius 2 is 1.95 bits per heavy atom. The van der Waals surface area contributed by atoms with Crippen LogP contribution in [0.1, 0.15) is 11.6 Å². The van der Waals surface area contributed by atoms with Crippen LogP contribution in [0.2, 0.25) is 0 Å². The molecule has 1 aromatic carbocycles. The molecule has 0 bridgehead atoms. The zero-order valence-electron chi connectivity index (χ0n) is 11.8. The maximum atomic E-state index is 5.64. The molecule has 0 aliphatic carbocycles. The van der Waals surface area contributed by atoms with E-state index in [0.29, 0.717) is 13.2 Å². The van der Waals surface area contributed by atoms with E-state index in [9.17, 15) is 0 Å². The first-order valence-corrected chi connectivity index (χ1v) is 7.82. The van der Waals surface area contributed by atoms with Gasteiger partial charge in [-0.1, -0.05) is 17.8 Å². The number of nitrogens with one attached hydrogen (secondary N) is 1. The van der Waals surface area contributed by atoms with E-state index in [1.54, 1.807) is 24.2 Å². The highest BCUT2D eigenvalue weighted by atomic mass is 32.2. The Kier molecular flexibility index (Phi) is 4.57. The molecule has 0 radical (unpaired) electrons. The second-order valence-corrected chi connectivity index (χ2v) is 5.57. The Morgan fingerprint density at radius 3 is 2.71 bits per heavy atom. The van der Waals surface area contributed by atoms with Gasteiger partial charge in [-0.2, -0.15) is 0 Å². The molecule has 5 nitrogen and oxygen atoms in total. The Hall–Kier alpha value is -1.79. The van der Waals surface area contributed by atoms with Gasteiger partial charge in [-0.25, -0.2) is 9.97 Å². The van der Waals surface area contributed by atoms with Crippen LogP contribution in [0.4, 0.5) is 0 Å². The Labute approximate surface area is 128 Å². The predicted octanol–water partition coefficient (Wildman–Crippen LogP) is 2.30. The van der Waals surface area contributed by atoms with E-state index in [4.69, 9.17) is 9.47 Å².